The molecule has 5 nitrogen and oxygen atoms in total. The number of hydrogen-bond donors (Lipinski definition) is 1. The number of ether oxygens (including phenoxy) is 1. The van der Waals surface area contributed by atoms with Gasteiger partial charge in [-0.15, -0.1) is 0 Å². The molecule has 0 saturated carbocycles. The second-order valence-corrected chi connectivity index (χ2v) is 8.68. The minimum Gasteiger partial charge on any atom is -0.375 e. The van der Waals surface area contributed by atoms with Gasteiger partial charge in [-0.1, -0.05) is 6.42 Å². The van der Waals surface area contributed by atoms with Crippen molar-refractivity contribution in [3.63, 3.8) is 0 Å². The Morgan fingerprint density at radius 3 is 2.92 bits per heavy atom. The van der Waals surface area contributed by atoms with Gasteiger partial charge in [-0.2, -0.15) is 0 Å². The molecular formula is C19H32N4O. The number of aliphatic imine (C=N–C) groups is 1. The van der Waals surface area contributed by atoms with Crippen molar-refractivity contribution in [1.29, 1.82) is 0 Å². The zero-order valence-corrected chi connectivity index (χ0v) is 15.0. The van der Waals surface area contributed by atoms with Crippen LogP contribution in [0.4, 0.5) is 0 Å². The third kappa shape index (κ3) is 2.55. The van der Waals surface area contributed by atoms with Crippen molar-refractivity contribution in [3.8, 4) is 0 Å². The van der Waals surface area contributed by atoms with Gasteiger partial charge in [0.15, 0.2) is 5.96 Å². The van der Waals surface area contributed by atoms with E-state index in [0.717, 1.165) is 30.4 Å². The number of guanidine groups is 1. The summed E-state index contributed by atoms with van der Waals surface area (Å²) >= 11 is 0. The minimum absolute atomic E-state index is 0.509. The fraction of sp³-hybridized carbons (Fsp3) is 0.947. The van der Waals surface area contributed by atoms with Gasteiger partial charge < -0.3 is 15.0 Å². The van der Waals surface area contributed by atoms with Crippen LogP contribution >= 0.6 is 0 Å². The predicted octanol–water partition coefficient (Wildman–Crippen LogP) is 1.55. The first kappa shape index (κ1) is 15.4. The average molecular weight is 332 g/mol. The van der Waals surface area contributed by atoms with Crippen LogP contribution in [0, 0.1) is 17.8 Å². The summed E-state index contributed by atoms with van der Waals surface area (Å²) in [6.45, 7) is 6.11. The van der Waals surface area contributed by atoms with Crippen molar-refractivity contribution < 1.29 is 4.74 Å². The van der Waals surface area contributed by atoms with Crippen LogP contribution in [0.25, 0.3) is 0 Å². The second kappa shape index (κ2) is 6.17. The normalized spacial score (nSPS) is 44.9. The second-order valence-electron chi connectivity index (χ2n) is 8.68. The molecule has 0 aromatic heterocycles. The topological polar surface area (TPSA) is 40.1 Å². The summed E-state index contributed by atoms with van der Waals surface area (Å²) in [7, 11) is 1.95. The zero-order valence-electron chi connectivity index (χ0n) is 15.0. The highest BCUT2D eigenvalue weighted by atomic mass is 16.5. The number of fused-ring (bicyclic) bond motifs is 5. The molecule has 0 aliphatic carbocycles. The van der Waals surface area contributed by atoms with E-state index < -0.39 is 0 Å². The van der Waals surface area contributed by atoms with Gasteiger partial charge in [-0.05, 0) is 50.5 Å². The van der Waals surface area contributed by atoms with Gasteiger partial charge in [0.25, 0.3) is 0 Å². The molecule has 0 amide bonds. The number of hydrogen-bond acceptors (Lipinski definition) is 3. The van der Waals surface area contributed by atoms with Crippen molar-refractivity contribution >= 4 is 5.96 Å². The van der Waals surface area contributed by atoms with Crippen molar-refractivity contribution in [2.75, 3.05) is 39.8 Å². The van der Waals surface area contributed by atoms with E-state index in [4.69, 9.17) is 4.74 Å². The molecule has 0 aromatic carbocycles. The molecular weight excluding hydrogens is 300 g/mol. The number of nitrogens with zero attached hydrogens (tertiary/aromatic N) is 3. The van der Waals surface area contributed by atoms with Crippen molar-refractivity contribution in [1.82, 2.24) is 15.1 Å². The third-order valence-electron chi connectivity index (χ3n) is 7.38. The van der Waals surface area contributed by atoms with Gasteiger partial charge >= 0.3 is 0 Å². The summed E-state index contributed by atoms with van der Waals surface area (Å²) in [6, 6.07) is 0.853. The Morgan fingerprint density at radius 2 is 2.12 bits per heavy atom. The Hall–Kier alpha value is -0.810. The minimum atomic E-state index is 0.509. The van der Waals surface area contributed by atoms with Gasteiger partial charge in [0, 0.05) is 45.2 Å². The lowest BCUT2D eigenvalue weighted by molar-refractivity contribution is 0.0929. The van der Waals surface area contributed by atoms with E-state index in [1.165, 1.54) is 64.7 Å². The van der Waals surface area contributed by atoms with Crippen molar-refractivity contribution in [2.24, 2.45) is 22.7 Å². The molecule has 6 unspecified atom stereocenters. The fourth-order valence-electron chi connectivity index (χ4n) is 6.24. The maximum Gasteiger partial charge on any atom is 0.193 e. The molecule has 5 heterocycles. The van der Waals surface area contributed by atoms with Crippen LogP contribution in [-0.4, -0.2) is 73.8 Å². The van der Waals surface area contributed by atoms with E-state index in [-0.39, 0.29) is 0 Å². The zero-order chi connectivity index (χ0) is 16.1. The Labute approximate surface area is 145 Å². The SMILES string of the molecule is CN=C(NCC1CC2CCC1O2)N1CC2CN3CCCCC3C2C1. The first-order valence-electron chi connectivity index (χ1n) is 10.2. The number of rotatable bonds is 2. The summed E-state index contributed by atoms with van der Waals surface area (Å²) in [5.41, 5.74) is 0. The summed E-state index contributed by atoms with van der Waals surface area (Å²) in [4.78, 5) is 9.92. The molecule has 1 N–H and O–H groups in total. The smallest absolute Gasteiger partial charge is 0.193 e. The maximum atomic E-state index is 6.00. The molecule has 5 aliphatic heterocycles. The Morgan fingerprint density at radius 1 is 1.17 bits per heavy atom. The van der Waals surface area contributed by atoms with Crippen LogP contribution in [0.5, 0.6) is 0 Å². The monoisotopic (exact) mass is 332 g/mol. The number of nitrogens with one attached hydrogen (secondary N) is 1. The van der Waals surface area contributed by atoms with Crippen LogP contribution in [0.1, 0.15) is 38.5 Å². The summed E-state index contributed by atoms with van der Waals surface area (Å²) in [5, 5.41) is 3.68. The quantitative estimate of drug-likeness (QED) is 0.615. The molecule has 5 heteroatoms. The first-order chi connectivity index (χ1) is 11.8. The molecule has 6 atom stereocenters. The van der Waals surface area contributed by atoms with E-state index in [1.54, 1.807) is 0 Å². The maximum absolute atomic E-state index is 6.00. The third-order valence-corrected chi connectivity index (χ3v) is 7.38. The molecule has 24 heavy (non-hydrogen) atoms. The van der Waals surface area contributed by atoms with E-state index in [9.17, 15) is 0 Å². The molecule has 0 aromatic rings. The van der Waals surface area contributed by atoms with E-state index in [1.807, 2.05) is 7.05 Å². The Balaban J connectivity index is 1.18. The van der Waals surface area contributed by atoms with Gasteiger partial charge in [0.1, 0.15) is 0 Å². The lowest BCUT2D eigenvalue weighted by atomic mass is 9.89. The molecule has 5 aliphatic rings. The van der Waals surface area contributed by atoms with Gasteiger partial charge in [-0.3, -0.25) is 9.89 Å². The lowest BCUT2D eigenvalue weighted by Crippen LogP contribution is -2.46. The highest BCUT2D eigenvalue weighted by Crippen LogP contribution is 2.41. The molecule has 0 radical (unpaired) electrons. The Bertz CT molecular complexity index is 510. The predicted molar refractivity (Wildman–Crippen MR) is 95.1 cm³/mol. The summed E-state index contributed by atoms with van der Waals surface area (Å²) in [5.74, 6) is 3.55. The first-order valence-corrected chi connectivity index (χ1v) is 10.2. The molecule has 5 saturated heterocycles. The number of piperidine rings is 1. The summed E-state index contributed by atoms with van der Waals surface area (Å²) < 4.78 is 6.00. The molecule has 0 spiro atoms. The van der Waals surface area contributed by atoms with Crippen molar-refractivity contribution in [3.05, 3.63) is 0 Å². The highest BCUT2D eigenvalue weighted by Gasteiger charge is 2.48. The molecule has 5 rings (SSSR count). The van der Waals surface area contributed by atoms with Crippen molar-refractivity contribution in [2.45, 2.75) is 56.8 Å². The van der Waals surface area contributed by atoms with Gasteiger partial charge in [0.2, 0.25) is 0 Å². The van der Waals surface area contributed by atoms with Crippen LogP contribution in [-0.2, 0) is 4.74 Å². The average Bonchev–Trinajstić information content (AvgIpc) is 3.35. The van der Waals surface area contributed by atoms with Crippen LogP contribution in [0.15, 0.2) is 4.99 Å². The lowest BCUT2D eigenvalue weighted by Gasteiger charge is -2.33. The molecule has 5 fully saturated rings. The summed E-state index contributed by atoms with van der Waals surface area (Å²) in [6.07, 6.45) is 9.11. The van der Waals surface area contributed by atoms with Crippen LogP contribution in [0.3, 0.4) is 0 Å². The Kier molecular flexibility index (Phi) is 3.97. The van der Waals surface area contributed by atoms with E-state index >= 15 is 0 Å². The highest BCUT2D eigenvalue weighted by molar-refractivity contribution is 5.80. The van der Waals surface area contributed by atoms with E-state index in [2.05, 4.69) is 20.1 Å². The van der Waals surface area contributed by atoms with E-state index in [0.29, 0.717) is 18.1 Å². The largest absolute Gasteiger partial charge is 0.375 e. The standard InChI is InChI=1S/C19H32N4O/c1-20-19(21-9-13-8-15-5-6-18(13)24-15)23-11-14-10-22-7-3-2-4-17(22)16(14)12-23/h13-18H,2-12H2,1H3,(H,20,21). The van der Waals surface area contributed by atoms with Crippen LogP contribution in [0.2, 0.25) is 0 Å². The van der Waals surface area contributed by atoms with Gasteiger partial charge in [0.05, 0.1) is 12.2 Å². The molecule has 134 valence electrons. The van der Waals surface area contributed by atoms with Gasteiger partial charge in [-0.25, -0.2) is 0 Å². The number of likely N-dealkylation sites (tertiary alicyclic amines) is 1. The fourth-order valence-corrected chi connectivity index (χ4v) is 6.24. The molecule has 2 bridgehead atoms. The van der Waals surface area contributed by atoms with Crippen LogP contribution < -0.4 is 5.32 Å².